The molecule has 4 aliphatic rings. The number of carbonyl (C=O) groups is 1. The molecule has 4 aliphatic carbocycles. The maximum atomic E-state index is 12.7. The molecular formula is C25H28Cl2N2O3S. The Morgan fingerprint density at radius 2 is 1.58 bits per heavy atom. The normalized spacial score (nSPS) is 28.0. The van der Waals surface area contributed by atoms with Crippen LogP contribution in [0.4, 0.5) is 11.4 Å². The first kappa shape index (κ1) is 23.0. The van der Waals surface area contributed by atoms with E-state index in [0.717, 1.165) is 28.3 Å². The van der Waals surface area contributed by atoms with E-state index in [1.807, 2.05) is 12.1 Å². The van der Waals surface area contributed by atoms with Crippen LogP contribution in [0.1, 0.15) is 44.1 Å². The van der Waals surface area contributed by atoms with Crippen LogP contribution in [0.2, 0.25) is 10.0 Å². The summed E-state index contributed by atoms with van der Waals surface area (Å²) in [6.45, 7) is -0.378. The van der Waals surface area contributed by atoms with Gasteiger partial charge in [-0.15, -0.1) is 0 Å². The van der Waals surface area contributed by atoms with Crippen LogP contribution in [0.25, 0.3) is 0 Å². The van der Waals surface area contributed by atoms with Crippen LogP contribution in [-0.2, 0) is 20.2 Å². The van der Waals surface area contributed by atoms with Crippen LogP contribution in [0.3, 0.4) is 0 Å². The molecule has 176 valence electrons. The topological polar surface area (TPSA) is 66.5 Å². The molecule has 0 radical (unpaired) electrons. The van der Waals surface area contributed by atoms with Gasteiger partial charge in [-0.2, -0.15) is 0 Å². The lowest BCUT2D eigenvalue weighted by Gasteiger charge is -2.57. The van der Waals surface area contributed by atoms with Crippen LogP contribution in [0, 0.1) is 17.8 Å². The van der Waals surface area contributed by atoms with Crippen LogP contribution in [-0.4, -0.2) is 27.1 Å². The zero-order valence-corrected chi connectivity index (χ0v) is 20.9. The zero-order chi connectivity index (χ0) is 23.4. The summed E-state index contributed by atoms with van der Waals surface area (Å²) in [4.78, 5) is 12.7. The second-order valence-corrected chi connectivity index (χ2v) is 12.9. The lowest BCUT2D eigenvalue weighted by Crippen LogP contribution is -2.48. The highest BCUT2D eigenvalue weighted by Gasteiger charge is 2.51. The molecule has 4 bridgehead atoms. The Labute approximate surface area is 205 Å². The van der Waals surface area contributed by atoms with E-state index < -0.39 is 15.9 Å². The van der Waals surface area contributed by atoms with Crippen molar-refractivity contribution >= 4 is 50.5 Å². The minimum absolute atomic E-state index is 0.167. The standard InChI is InChI=1S/C25H28Cl2N2O3S/c1-33(31,32)29(23-7-4-20(26)11-22(23)27)15-24(30)28-21-5-2-19(3-6-21)25-12-16-8-17(13-25)10-18(9-16)14-25/h2-7,11,16-18H,8-10,12-15H2,1H3,(H,28,30). The van der Waals surface area contributed by atoms with Crippen molar-refractivity contribution in [2.75, 3.05) is 22.4 Å². The first-order valence-electron chi connectivity index (χ1n) is 11.4. The maximum absolute atomic E-state index is 12.7. The Hall–Kier alpha value is -1.76. The molecule has 0 heterocycles. The Bertz CT molecular complexity index is 1150. The average molecular weight is 507 g/mol. The van der Waals surface area contributed by atoms with E-state index in [1.165, 1.54) is 56.2 Å². The third-order valence-electron chi connectivity index (χ3n) is 7.69. The van der Waals surface area contributed by atoms with Gasteiger partial charge >= 0.3 is 0 Å². The number of nitrogens with zero attached hydrogens (tertiary/aromatic N) is 1. The summed E-state index contributed by atoms with van der Waals surface area (Å²) in [5, 5.41) is 3.39. The van der Waals surface area contributed by atoms with Crippen molar-refractivity contribution < 1.29 is 13.2 Å². The van der Waals surface area contributed by atoms with Crippen LogP contribution >= 0.6 is 23.2 Å². The summed E-state index contributed by atoms with van der Waals surface area (Å²) in [6, 6.07) is 12.7. The molecule has 0 saturated heterocycles. The molecule has 4 saturated carbocycles. The van der Waals surface area contributed by atoms with E-state index in [4.69, 9.17) is 23.2 Å². The molecule has 0 aromatic heterocycles. The Balaban J connectivity index is 1.30. The maximum Gasteiger partial charge on any atom is 0.245 e. The van der Waals surface area contributed by atoms with Gasteiger partial charge in [0.15, 0.2) is 0 Å². The molecule has 1 amide bonds. The molecule has 4 fully saturated rings. The number of carbonyl (C=O) groups excluding carboxylic acids is 1. The van der Waals surface area contributed by atoms with Gasteiger partial charge in [0, 0.05) is 10.7 Å². The van der Waals surface area contributed by atoms with Crippen LogP contribution in [0.5, 0.6) is 0 Å². The molecule has 5 nitrogen and oxygen atoms in total. The summed E-state index contributed by atoms with van der Waals surface area (Å²) in [6.07, 6.45) is 9.12. The Morgan fingerprint density at radius 3 is 2.09 bits per heavy atom. The van der Waals surface area contributed by atoms with Gasteiger partial charge in [-0.05, 0) is 97.6 Å². The summed E-state index contributed by atoms with van der Waals surface area (Å²) in [7, 11) is -3.73. The highest BCUT2D eigenvalue weighted by molar-refractivity contribution is 7.92. The SMILES string of the molecule is CS(=O)(=O)N(CC(=O)Nc1ccc(C23CC4CC(CC(C4)C2)C3)cc1)c1ccc(Cl)cc1Cl. The number of halogens is 2. The Morgan fingerprint density at radius 1 is 1.00 bits per heavy atom. The first-order valence-corrected chi connectivity index (χ1v) is 14.0. The number of hydrogen-bond donors (Lipinski definition) is 1. The molecule has 2 aromatic carbocycles. The molecule has 0 aliphatic heterocycles. The fourth-order valence-electron chi connectivity index (χ4n) is 6.77. The monoisotopic (exact) mass is 506 g/mol. The summed E-state index contributed by atoms with van der Waals surface area (Å²) in [5.41, 5.74) is 2.56. The Kier molecular flexibility index (Phi) is 5.91. The minimum atomic E-state index is -3.73. The minimum Gasteiger partial charge on any atom is -0.325 e. The van der Waals surface area contributed by atoms with Crippen LogP contribution < -0.4 is 9.62 Å². The fraction of sp³-hybridized carbons (Fsp3) is 0.480. The quantitative estimate of drug-likeness (QED) is 0.532. The molecule has 1 N–H and O–H groups in total. The number of amides is 1. The molecular weight excluding hydrogens is 479 g/mol. The van der Waals surface area contributed by atoms with Crippen molar-refractivity contribution in [2.24, 2.45) is 17.8 Å². The first-order chi connectivity index (χ1) is 15.6. The van der Waals surface area contributed by atoms with E-state index in [0.29, 0.717) is 16.1 Å². The average Bonchev–Trinajstić information content (AvgIpc) is 2.71. The smallest absolute Gasteiger partial charge is 0.245 e. The van der Waals surface area contributed by atoms with Crippen molar-refractivity contribution in [1.29, 1.82) is 0 Å². The molecule has 33 heavy (non-hydrogen) atoms. The number of rotatable bonds is 6. The van der Waals surface area contributed by atoms with Crippen molar-refractivity contribution in [3.63, 3.8) is 0 Å². The largest absolute Gasteiger partial charge is 0.325 e. The van der Waals surface area contributed by atoms with Crippen molar-refractivity contribution in [3.8, 4) is 0 Å². The van der Waals surface area contributed by atoms with Gasteiger partial charge in [0.25, 0.3) is 0 Å². The summed E-state index contributed by atoms with van der Waals surface area (Å²) < 4.78 is 25.7. The van der Waals surface area contributed by atoms with Crippen molar-refractivity contribution in [3.05, 3.63) is 58.1 Å². The van der Waals surface area contributed by atoms with Gasteiger partial charge in [0.05, 0.1) is 17.0 Å². The third kappa shape index (κ3) is 4.62. The van der Waals surface area contributed by atoms with Gasteiger partial charge in [0.1, 0.15) is 6.54 Å². The van der Waals surface area contributed by atoms with Gasteiger partial charge in [-0.25, -0.2) is 8.42 Å². The number of anilines is 2. The summed E-state index contributed by atoms with van der Waals surface area (Å²) in [5.74, 6) is 2.18. The fourth-order valence-corrected chi connectivity index (χ4v) is 8.20. The highest BCUT2D eigenvalue weighted by Crippen LogP contribution is 2.60. The van der Waals surface area contributed by atoms with E-state index in [2.05, 4.69) is 17.4 Å². The molecule has 6 rings (SSSR count). The molecule has 0 spiro atoms. The number of sulfonamides is 1. The molecule has 0 atom stereocenters. The van der Waals surface area contributed by atoms with Gasteiger partial charge in [-0.3, -0.25) is 9.10 Å². The van der Waals surface area contributed by atoms with E-state index >= 15 is 0 Å². The number of benzene rings is 2. The van der Waals surface area contributed by atoms with E-state index in [9.17, 15) is 13.2 Å². The third-order valence-corrected chi connectivity index (χ3v) is 9.35. The predicted octanol–water partition coefficient (Wildman–Crippen LogP) is 5.87. The second-order valence-electron chi connectivity index (χ2n) is 10.2. The highest BCUT2D eigenvalue weighted by atomic mass is 35.5. The number of hydrogen-bond acceptors (Lipinski definition) is 3. The molecule has 8 heteroatoms. The molecule has 0 unspecified atom stereocenters. The zero-order valence-electron chi connectivity index (χ0n) is 18.6. The lowest BCUT2D eigenvalue weighted by molar-refractivity contribution is -0.114. The predicted molar refractivity (Wildman–Crippen MR) is 134 cm³/mol. The van der Waals surface area contributed by atoms with Crippen molar-refractivity contribution in [2.45, 2.75) is 43.9 Å². The lowest BCUT2D eigenvalue weighted by atomic mass is 9.48. The van der Waals surface area contributed by atoms with E-state index in [-0.39, 0.29) is 17.3 Å². The van der Waals surface area contributed by atoms with E-state index in [1.54, 1.807) is 6.07 Å². The van der Waals surface area contributed by atoms with Gasteiger partial charge < -0.3 is 5.32 Å². The summed E-state index contributed by atoms with van der Waals surface area (Å²) >= 11 is 12.1. The number of nitrogens with one attached hydrogen (secondary N) is 1. The van der Waals surface area contributed by atoms with Gasteiger partial charge in [0.2, 0.25) is 15.9 Å². The van der Waals surface area contributed by atoms with Crippen molar-refractivity contribution in [1.82, 2.24) is 0 Å². The van der Waals surface area contributed by atoms with Crippen LogP contribution in [0.15, 0.2) is 42.5 Å². The molecule has 2 aromatic rings. The van der Waals surface area contributed by atoms with Gasteiger partial charge in [-0.1, -0.05) is 35.3 Å². The second kappa shape index (κ2) is 8.47.